The zero-order chi connectivity index (χ0) is 74.0. The summed E-state index contributed by atoms with van der Waals surface area (Å²) in [5.74, 6) is -1.10. The summed E-state index contributed by atoms with van der Waals surface area (Å²) in [5.41, 5.74) is 5.25. The predicted octanol–water partition coefficient (Wildman–Crippen LogP) is 3.09. The average molecular weight is 1480 g/mol. The van der Waals surface area contributed by atoms with Gasteiger partial charge in [-0.3, -0.25) is 24.1 Å². The van der Waals surface area contributed by atoms with Gasteiger partial charge in [-0.05, 0) is 53.7 Å². The van der Waals surface area contributed by atoms with Crippen molar-refractivity contribution in [3.63, 3.8) is 0 Å². The van der Waals surface area contributed by atoms with Crippen LogP contribution in [0.3, 0.4) is 0 Å². The fourth-order valence-electron chi connectivity index (χ4n) is 7.82. The van der Waals surface area contributed by atoms with Crippen LogP contribution >= 0.6 is 0 Å². The number of ether oxygens (including phenoxy) is 26. The maximum absolute atomic E-state index is 12.3. The van der Waals surface area contributed by atoms with Crippen molar-refractivity contribution >= 4 is 23.8 Å². The molecule has 32 heteroatoms. The molecule has 1 aliphatic heterocycles. The topological polar surface area (TPSA) is 338 Å². The number of imide groups is 1. The summed E-state index contributed by atoms with van der Waals surface area (Å²) >= 11 is 0. The molecule has 1 aromatic carbocycles. The van der Waals surface area contributed by atoms with Crippen molar-refractivity contribution in [3.05, 3.63) is 35.4 Å². The number of hydrogen-bond acceptors (Lipinski definition) is 31. The molecule has 2 amide bonds. The molecule has 598 valence electrons. The van der Waals surface area contributed by atoms with Crippen LogP contribution in [0.4, 0.5) is 0 Å². The van der Waals surface area contributed by atoms with Crippen molar-refractivity contribution in [2.45, 2.75) is 65.6 Å². The minimum atomic E-state index is -0.481. The molecule has 1 aromatic rings. The van der Waals surface area contributed by atoms with Crippen LogP contribution < -0.4 is 5.73 Å². The minimum Gasteiger partial charge on any atom is -0.460 e. The number of benzene rings is 1. The van der Waals surface area contributed by atoms with E-state index in [1.807, 2.05) is 41.5 Å². The van der Waals surface area contributed by atoms with Gasteiger partial charge in [-0.2, -0.15) is 0 Å². The number of hydrogen-bond donors (Lipinski definition) is 1. The highest BCUT2D eigenvalue weighted by atomic mass is 16.6. The Balaban J connectivity index is 0.00000104. The highest BCUT2D eigenvalue weighted by Gasteiger charge is 2.34. The van der Waals surface area contributed by atoms with Crippen LogP contribution in [0.15, 0.2) is 24.3 Å². The first-order chi connectivity index (χ1) is 49.7. The van der Waals surface area contributed by atoms with E-state index in [0.29, 0.717) is 328 Å². The summed E-state index contributed by atoms with van der Waals surface area (Å²) in [5, 5.41) is 0. The first-order valence-electron chi connectivity index (χ1n) is 35.7. The number of amides is 2. The molecule has 1 aliphatic rings. The summed E-state index contributed by atoms with van der Waals surface area (Å²) in [6, 6.07) is 6.81. The molecule has 0 fully saturated rings. The van der Waals surface area contributed by atoms with Crippen LogP contribution in [0.5, 0.6) is 0 Å². The van der Waals surface area contributed by atoms with Crippen molar-refractivity contribution in [2.75, 3.05) is 330 Å². The van der Waals surface area contributed by atoms with Crippen LogP contribution in [0, 0.1) is 0 Å². The fourth-order valence-corrected chi connectivity index (χ4v) is 7.82. The molecule has 0 spiro atoms. The predicted molar refractivity (Wildman–Crippen MR) is 371 cm³/mol. The van der Waals surface area contributed by atoms with Gasteiger partial charge in [-0.15, -0.1) is 0 Å². The van der Waals surface area contributed by atoms with Gasteiger partial charge in [-0.1, -0.05) is 12.1 Å². The Kier molecular flexibility index (Phi) is 68.8. The number of carbonyl (C=O) groups excluding carboxylic acids is 4. The Bertz CT molecular complexity index is 1990. The van der Waals surface area contributed by atoms with Crippen LogP contribution in [-0.2, 0) is 133 Å². The van der Waals surface area contributed by atoms with Crippen molar-refractivity contribution in [1.29, 1.82) is 0 Å². The second-order valence-electron chi connectivity index (χ2n) is 23.5. The van der Waals surface area contributed by atoms with E-state index in [2.05, 4.69) is 0 Å². The third-order valence-electron chi connectivity index (χ3n) is 12.5. The van der Waals surface area contributed by atoms with Gasteiger partial charge >= 0.3 is 11.9 Å². The van der Waals surface area contributed by atoms with E-state index in [1.54, 1.807) is 24.3 Å². The normalized spacial score (nSPS) is 12.4. The smallest absolute Gasteiger partial charge is 0.308 e. The average Bonchev–Trinajstić information content (AvgIpc) is 1.64. The number of esters is 2. The molecular formula is C70H128N2O30. The summed E-state index contributed by atoms with van der Waals surface area (Å²) in [6.07, 6.45) is 0.456. The zero-order valence-corrected chi connectivity index (χ0v) is 62.4. The van der Waals surface area contributed by atoms with Gasteiger partial charge in [-0.25, -0.2) is 0 Å². The zero-order valence-electron chi connectivity index (χ0n) is 62.4. The van der Waals surface area contributed by atoms with Gasteiger partial charge in [0.1, 0.15) is 11.2 Å². The summed E-state index contributed by atoms with van der Waals surface area (Å²) < 4.78 is 141. The molecule has 2 rings (SSSR count). The molecular weight excluding hydrogens is 1350 g/mol. The highest BCUT2D eigenvalue weighted by molar-refractivity contribution is 6.21. The fraction of sp³-hybridized carbons (Fsp3) is 0.857. The molecule has 0 atom stereocenters. The van der Waals surface area contributed by atoms with E-state index in [9.17, 15) is 19.2 Å². The summed E-state index contributed by atoms with van der Waals surface area (Å²) in [6.45, 7) is 34.1. The number of fused-ring (bicyclic) bond motifs is 1. The van der Waals surface area contributed by atoms with Crippen LogP contribution in [-0.4, -0.2) is 370 Å². The quantitative estimate of drug-likeness (QED) is 0.0556. The largest absolute Gasteiger partial charge is 0.460 e. The SMILES string of the molecule is CC(C)(C)OC(=O)CCOCCOCCOCCOCCOCCOCCOCCOCCOCCOCCOCCOCCN.CC(C)(C)OC(=O)CCOCCOCCOCCOCCOCCOCCOCCOCCOCCOCCOCCOCCN1C(=O)c2ccccc2C1=O. The van der Waals surface area contributed by atoms with Gasteiger partial charge in [0, 0.05) is 6.54 Å². The van der Waals surface area contributed by atoms with Crippen molar-refractivity contribution in [1.82, 2.24) is 4.90 Å². The first-order valence-corrected chi connectivity index (χ1v) is 35.7. The lowest BCUT2D eigenvalue weighted by Crippen LogP contribution is -2.33. The van der Waals surface area contributed by atoms with Crippen molar-refractivity contribution < 1.29 is 142 Å². The summed E-state index contributed by atoms with van der Waals surface area (Å²) in [4.78, 5) is 49.0. The monoisotopic (exact) mass is 1480 g/mol. The van der Waals surface area contributed by atoms with E-state index >= 15 is 0 Å². The Morgan fingerprint density at radius 3 is 0.588 bits per heavy atom. The number of nitrogens with two attached hydrogens (primary N) is 1. The molecule has 0 radical (unpaired) electrons. The van der Waals surface area contributed by atoms with Crippen LogP contribution in [0.1, 0.15) is 75.1 Å². The molecule has 0 bridgehead atoms. The van der Waals surface area contributed by atoms with E-state index in [1.165, 1.54) is 4.90 Å². The molecule has 0 unspecified atom stereocenters. The van der Waals surface area contributed by atoms with Gasteiger partial charge in [0.05, 0.1) is 348 Å². The number of carbonyl (C=O) groups is 4. The Morgan fingerprint density at radius 2 is 0.422 bits per heavy atom. The van der Waals surface area contributed by atoms with Gasteiger partial charge in [0.25, 0.3) is 11.8 Å². The molecule has 2 N–H and O–H groups in total. The molecule has 0 saturated carbocycles. The Hall–Kier alpha value is -3.70. The van der Waals surface area contributed by atoms with E-state index < -0.39 is 11.2 Å². The third kappa shape index (κ3) is 68.1. The minimum absolute atomic E-state index is 0.209. The van der Waals surface area contributed by atoms with E-state index in [0.717, 1.165) is 0 Å². The van der Waals surface area contributed by atoms with E-state index in [4.69, 9.17) is 129 Å². The van der Waals surface area contributed by atoms with Crippen LogP contribution in [0.25, 0.3) is 0 Å². The Labute approximate surface area is 605 Å². The molecule has 0 aromatic heterocycles. The van der Waals surface area contributed by atoms with Gasteiger partial charge in [0.15, 0.2) is 0 Å². The molecule has 1 heterocycles. The molecule has 102 heavy (non-hydrogen) atoms. The first kappa shape index (κ1) is 96.3. The lowest BCUT2D eigenvalue weighted by Gasteiger charge is -2.19. The highest BCUT2D eigenvalue weighted by Crippen LogP contribution is 2.22. The number of rotatable bonds is 77. The van der Waals surface area contributed by atoms with E-state index in [-0.39, 0.29) is 49.7 Å². The van der Waals surface area contributed by atoms with Gasteiger partial charge in [0.2, 0.25) is 0 Å². The number of nitrogens with zero attached hydrogens (tertiary/aromatic N) is 1. The molecule has 0 saturated heterocycles. The standard InChI is InChI=1S/C39H65NO16.C31H63NO14/c1-39(2,3)56-36(41)8-10-44-12-14-46-16-18-48-20-22-50-24-26-52-28-30-54-32-33-55-31-29-53-27-25-51-23-21-49-19-17-47-15-13-45-11-9-40-37(42)34-6-4-5-7-35(34)38(40)43;1-31(2,3)46-30(33)4-6-34-8-10-36-12-14-38-16-18-40-20-22-42-24-26-44-28-29-45-27-25-43-23-21-41-19-17-39-15-13-37-11-9-35-7-5-32/h4-7H,8-33H2,1-3H3;4-29,32H2,1-3H3. The second kappa shape index (κ2) is 72.8. The van der Waals surface area contributed by atoms with Gasteiger partial charge < -0.3 is 129 Å². The lowest BCUT2D eigenvalue weighted by molar-refractivity contribution is -0.157. The Morgan fingerprint density at radius 1 is 0.265 bits per heavy atom. The molecule has 32 nitrogen and oxygen atoms in total. The molecule has 0 aliphatic carbocycles. The van der Waals surface area contributed by atoms with Crippen molar-refractivity contribution in [2.24, 2.45) is 5.73 Å². The summed E-state index contributed by atoms with van der Waals surface area (Å²) in [7, 11) is 0. The third-order valence-corrected chi connectivity index (χ3v) is 12.5. The van der Waals surface area contributed by atoms with Crippen LogP contribution in [0.2, 0.25) is 0 Å². The maximum atomic E-state index is 12.3. The second-order valence-corrected chi connectivity index (χ2v) is 23.5. The van der Waals surface area contributed by atoms with Crippen molar-refractivity contribution in [3.8, 4) is 0 Å². The lowest BCUT2D eigenvalue weighted by atomic mass is 10.1. The maximum Gasteiger partial charge on any atom is 0.308 e.